The summed E-state index contributed by atoms with van der Waals surface area (Å²) in [5.74, 6) is 1.66. The number of hydrogen-bond donors (Lipinski definition) is 2. The molecule has 148 valence electrons. The van der Waals surface area contributed by atoms with Crippen molar-refractivity contribution in [3.63, 3.8) is 0 Å². The Balaban J connectivity index is 0.00000261. The highest BCUT2D eigenvalue weighted by Crippen LogP contribution is 2.33. The van der Waals surface area contributed by atoms with Crippen LogP contribution in [-0.4, -0.2) is 43.8 Å². The second kappa shape index (κ2) is 10.1. The first-order chi connectivity index (χ1) is 12.6. The summed E-state index contributed by atoms with van der Waals surface area (Å²) in [6.45, 7) is 2.56. The number of nitrogens with zero attached hydrogens (tertiary/aromatic N) is 3. The van der Waals surface area contributed by atoms with Crippen LogP contribution < -0.4 is 20.3 Å². The van der Waals surface area contributed by atoms with Gasteiger partial charge >= 0.3 is 0 Å². The number of aryl methyl sites for hydroxylation is 1. The van der Waals surface area contributed by atoms with Crippen molar-refractivity contribution in [2.45, 2.75) is 19.0 Å². The lowest BCUT2D eigenvalue weighted by atomic mass is 10.2. The molecule has 0 saturated carbocycles. The highest BCUT2D eigenvalue weighted by molar-refractivity contribution is 14.0. The molecule has 2 heterocycles. The molecular weight excluding hydrogens is 477 g/mol. The van der Waals surface area contributed by atoms with E-state index in [1.54, 1.807) is 14.2 Å². The highest BCUT2D eigenvalue weighted by atomic mass is 127. The molecule has 1 saturated heterocycles. The average molecular weight is 504 g/mol. The quantitative estimate of drug-likeness (QED) is 0.374. The molecule has 2 aromatic rings. The Kier molecular flexibility index (Phi) is 8.09. The molecule has 1 unspecified atom stereocenters. The summed E-state index contributed by atoms with van der Waals surface area (Å²) in [5, 5.41) is 7.61. The van der Waals surface area contributed by atoms with Crippen LogP contribution in [-0.2, 0) is 13.6 Å². The molecule has 3 rings (SSSR count). The van der Waals surface area contributed by atoms with Crippen LogP contribution in [0.3, 0.4) is 0 Å². The third-order valence-corrected chi connectivity index (χ3v) is 4.96. The van der Waals surface area contributed by atoms with Crippen molar-refractivity contribution >= 4 is 47.2 Å². The summed E-state index contributed by atoms with van der Waals surface area (Å²) in [7, 11) is 5.53. The smallest absolute Gasteiger partial charge is 0.191 e. The Bertz CT molecular complexity index is 779. The fourth-order valence-electron chi connectivity index (χ4n) is 3.25. The van der Waals surface area contributed by atoms with Crippen molar-refractivity contribution in [1.82, 2.24) is 15.2 Å². The van der Waals surface area contributed by atoms with Crippen molar-refractivity contribution in [1.29, 1.82) is 0 Å². The topological polar surface area (TPSA) is 53.8 Å². The first-order valence-electron chi connectivity index (χ1n) is 8.76. The lowest BCUT2D eigenvalue weighted by molar-refractivity contribution is 0.415. The normalized spacial score (nSPS) is 16.8. The van der Waals surface area contributed by atoms with Gasteiger partial charge in [0.1, 0.15) is 5.75 Å². The Morgan fingerprint density at radius 3 is 2.85 bits per heavy atom. The number of halogens is 2. The minimum absolute atomic E-state index is 0. The van der Waals surface area contributed by atoms with Gasteiger partial charge in [0.15, 0.2) is 5.96 Å². The number of ether oxygens (including phenoxy) is 1. The number of guanidine groups is 1. The number of nitrogens with one attached hydrogen (secondary N) is 2. The first-order valence-corrected chi connectivity index (χ1v) is 9.14. The Morgan fingerprint density at radius 1 is 1.37 bits per heavy atom. The zero-order chi connectivity index (χ0) is 18.5. The summed E-state index contributed by atoms with van der Waals surface area (Å²) in [6.07, 6.45) is 3.07. The molecular formula is C19H27ClIN5O. The SMILES string of the molecule is CN=C(NCc1cccn1C)NC1CCN(c2cc(Cl)ccc2OC)C1.I. The summed E-state index contributed by atoms with van der Waals surface area (Å²) in [5.41, 5.74) is 2.25. The number of hydrogen-bond acceptors (Lipinski definition) is 3. The Morgan fingerprint density at radius 2 is 2.19 bits per heavy atom. The zero-order valence-electron chi connectivity index (χ0n) is 15.9. The van der Waals surface area contributed by atoms with Crippen molar-refractivity contribution in [3.05, 3.63) is 47.2 Å². The largest absolute Gasteiger partial charge is 0.495 e. The summed E-state index contributed by atoms with van der Waals surface area (Å²) >= 11 is 6.17. The molecule has 1 atom stereocenters. The molecule has 1 aromatic carbocycles. The van der Waals surface area contributed by atoms with Crippen LogP contribution in [0.2, 0.25) is 5.02 Å². The summed E-state index contributed by atoms with van der Waals surface area (Å²) < 4.78 is 7.58. The molecule has 1 aliphatic heterocycles. The maximum Gasteiger partial charge on any atom is 0.191 e. The van der Waals surface area contributed by atoms with Crippen molar-refractivity contribution in [2.75, 3.05) is 32.1 Å². The van der Waals surface area contributed by atoms with Crippen LogP contribution in [0.4, 0.5) is 5.69 Å². The number of methoxy groups -OCH3 is 1. The van der Waals surface area contributed by atoms with Crippen molar-refractivity contribution in [2.24, 2.45) is 12.0 Å². The minimum atomic E-state index is 0. The Labute approximate surface area is 183 Å². The van der Waals surface area contributed by atoms with Crippen molar-refractivity contribution in [3.8, 4) is 5.75 Å². The van der Waals surface area contributed by atoms with Gasteiger partial charge in [-0.25, -0.2) is 0 Å². The lowest BCUT2D eigenvalue weighted by Crippen LogP contribution is -2.44. The van der Waals surface area contributed by atoms with E-state index in [0.717, 1.165) is 48.5 Å². The molecule has 0 aliphatic carbocycles. The van der Waals surface area contributed by atoms with Crippen LogP contribution in [0.1, 0.15) is 12.1 Å². The van der Waals surface area contributed by atoms with E-state index < -0.39 is 0 Å². The lowest BCUT2D eigenvalue weighted by Gasteiger charge is -2.22. The van der Waals surface area contributed by atoms with Gasteiger partial charge in [0, 0.05) is 50.1 Å². The third-order valence-electron chi connectivity index (χ3n) is 4.72. The fraction of sp³-hybridized carbons (Fsp3) is 0.421. The van der Waals surface area contributed by atoms with Crippen LogP contribution >= 0.6 is 35.6 Å². The van der Waals surface area contributed by atoms with E-state index in [9.17, 15) is 0 Å². The number of benzene rings is 1. The molecule has 27 heavy (non-hydrogen) atoms. The number of anilines is 1. The number of aromatic nitrogens is 1. The summed E-state index contributed by atoms with van der Waals surface area (Å²) in [6, 6.07) is 10.2. The molecule has 0 amide bonds. The van der Waals surface area contributed by atoms with Gasteiger partial charge in [0.25, 0.3) is 0 Å². The van der Waals surface area contributed by atoms with E-state index in [0.29, 0.717) is 6.04 Å². The zero-order valence-corrected chi connectivity index (χ0v) is 19.0. The predicted octanol–water partition coefficient (Wildman–Crippen LogP) is 3.25. The summed E-state index contributed by atoms with van der Waals surface area (Å²) in [4.78, 5) is 6.65. The molecule has 0 bridgehead atoms. The van der Waals surface area contributed by atoms with Gasteiger partial charge in [-0.2, -0.15) is 0 Å². The Hall–Kier alpha value is -1.61. The first kappa shape index (κ1) is 21.7. The standard InChI is InChI=1S/C19H26ClN5O.HI/c1-21-19(22-12-16-5-4-9-24(16)2)23-15-8-10-25(13-15)17-11-14(20)6-7-18(17)26-3;/h4-7,9,11,15H,8,10,12-13H2,1-3H3,(H2,21,22,23);1H. The van der Waals surface area contributed by atoms with E-state index >= 15 is 0 Å². The van der Waals surface area contributed by atoms with Crippen LogP contribution in [0.25, 0.3) is 0 Å². The van der Waals surface area contributed by atoms with Gasteiger partial charge in [-0.3, -0.25) is 4.99 Å². The molecule has 1 aromatic heterocycles. The average Bonchev–Trinajstić information content (AvgIpc) is 3.27. The van der Waals surface area contributed by atoms with Gasteiger partial charge in [0.05, 0.1) is 19.3 Å². The second-order valence-corrected chi connectivity index (χ2v) is 6.86. The maximum absolute atomic E-state index is 6.17. The van der Waals surface area contributed by atoms with Gasteiger partial charge in [0.2, 0.25) is 0 Å². The van der Waals surface area contributed by atoms with Gasteiger partial charge in [-0.05, 0) is 36.8 Å². The van der Waals surface area contributed by atoms with Crippen molar-refractivity contribution < 1.29 is 4.74 Å². The van der Waals surface area contributed by atoms with Crippen LogP contribution in [0, 0.1) is 0 Å². The number of rotatable bonds is 5. The van der Waals surface area contributed by atoms with E-state index in [4.69, 9.17) is 16.3 Å². The molecule has 0 spiro atoms. The van der Waals surface area contributed by atoms with Gasteiger partial charge in [-0.1, -0.05) is 11.6 Å². The van der Waals surface area contributed by atoms with E-state index in [-0.39, 0.29) is 24.0 Å². The van der Waals surface area contributed by atoms with Gasteiger partial charge < -0.3 is 24.8 Å². The molecule has 1 fully saturated rings. The van der Waals surface area contributed by atoms with E-state index in [1.807, 2.05) is 37.5 Å². The van der Waals surface area contributed by atoms with E-state index in [2.05, 4.69) is 31.2 Å². The second-order valence-electron chi connectivity index (χ2n) is 6.43. The predicted molar refractivity (Wildman–Crippen MR) is 123 cm³/mol. The fourth-order valence-corrected chi connectivity index (χ4v) is 3.42. The molecule has 6 nitrogen and oxygen atoms in total. The molecule has 0 radical (unpaired) electrons. The monoisotopic (exact) mass is 503 g/mol. The highest BCUT2D eigenvalue weighted by Gasteiger charge is 2.25. The minimum Gasteiger partial charge on any atom is -0.495 e. The molecule has 8 heteroatoms. The van der Waals surface area contributed by atoms with Gasteiger partial charge in [-0.15, -0.1) is 24.0 Å². The third kappa shape index (κ3) is 5.44. The molecule has 1 aliphatic rings. The van der Waals surface area contributed by atoms with Crippen LogP contribution in [0.5, 0.6) is 5.75 Å². The van der Waals surface area contributed by atoms with Crippen LogP contribution in [0.15, 0.2) is 41.5 Å². The maximum atomic E-state index is 6.17. The number of aliphatic imine (C=N–C) groups is 1. The molecule has 2 N–H and O–H groups in total. The van der Waals surface area contributed by atoms with E-state index in [1.165, 1.54) is 5.69 Å².